The molecule has 0 bridgehead atoms. The molecule has 1 aromatic rings. The van der Waals surface area contributed by atoms with E-state index in [1.807, 2.05) is 13.0 Å². The second kappa shape index (κ2) is 5.76. The van der Waals surface area contributed by atoms with Gasteiger partial charge in [0.1, 0.15) is 5.75 Å². The Morgan fingerprint density at radius 2 is 2.13 bits per heavy atom. The van der Waals surface area contributed by atoms with Crippen LogP contribution in [-0.2, 0) is 0 Å². The van der Waals surface area contributed by atoms with Crippen molar-refractivity contribution < 1.29 is 4.74 Å². The number of hydrogen-bond acceptors (Lipinski definition) is 2. The zero-order chi connectivity index (χ0) is 11.3. The van der Waals surface area contributed by atoms with Gasteiger partial charge in [0.15, 0.2) is 0 Å². The first-order valence-corrected chi connectivity index (χ1v) is 5.62. The number of hydrogen-bond donors (Lipinski definition) is 1. The Hall–Kier alpha value is -1.02. The SMILES string of the molecule is CCOc1ccc(C(C)CCN)c(C)c1. The summed E-state index contributed by atoms with van der Waals surface area (Å²) in [5.74, 6) is 1.49. The predicted molar refractivity (Wildman–Crippen MR) is 64.4 cm³/mol. The second-order valence-corrected chi connectivity index (χ2v) is 3.93. The highest BCUT2D eigenvalue weighted by Gasteiger charge is 2.08. The maximum atomic E-state index is 5.57. The first-order valence-electron chi connectivity index (χ1n) is 5.62. The van der Waals surface area contributed by atoms with E-state index in [9.17, 15) is 0 Å². The number of rotatable bonds is 5. The molecular formula is C13H21NO. The average Bonchev–Trinajstić information content (AvgIpc) is 2.18. The van der Waals surface area contributed by atoms with Gasteiger partial charge in [-0.25, -0.2) is 0 Å². The minimum Gasteiger partial charge on any atom is -0.494 e. The van der Waals surface area contributed by atoms with Crippen molar-refractivity contribution in [2.75, 3.05) is 13.2 Å². The molecule has 0 saturated carbocycles. The molecule has 15 heavy (non-hydrogen) atoms. The molecule has 0 aliphatic carbocycles. The summed E-state index contributed by atoms with van der Waals surface area (Å²) in [6.07, 6.45) is 1.04. The lowest BCUT2D eigenvalue weighted by Gasteiger charge is -2.14. The van der Waals surface area contributed by atoms with Crippen LogP contribution in [0.15, 0.2) is 18.2 Å². The fourth-order valence-electron chi connectivity index (χ4n) is 1.86. The molecule has 2 N–H and O–H groups in total. The topological polar surface area (TPSA) is 35.2 Å². The molecule has 0 spiro atoms. The van der Waals surface area contributed by atoms with Crippen LogP contribution in [0.1, 0.15) is 37.3 Å². The quantitative estimate of drug-likeness (QED) is 0.805. The van der Waals surface area contributed by atoms with Gasteiger partial charge in [-0.2, -0.15) is 0 Å². The van der Waals surface area contributed by atoms with Crippen molar-refractivity contribution in [3.05, 3.63) is 29.3 Å². The van der Waals surface area contributed by atoms with Crippen LogP contribution >= 0.6 is 0 Å². The van der Waals surface area contributed by atoms with Crippen molar-refractivity contribution >= 4 is 0 Å². The van der Waals surface area contributed by atoms with Crippen LogP contribution in [0.4, 0.5) is 0 Å². The van der Waals surface area contributed by atoms with E-state index >= 15 is 0 Å². The number of benzene rings is 1. The molecule has 2 nitrogen and oxygen atoms in total. The molecule has 0 aliphatic heterocycles. The van der Waals surface area contributed by atoms with Gasteiger partial charge < -0.3 is 10.5 Å². The van der Waals surface area contributed by atoms with Crippen molar-refractivity contribution in [1.82, 2.24) is 0 Å². The molecule has 2 heteroatoms. The van der Waals surface area contributed by atoms with Crippen molar-refractivity contribution in [1.29, 1.82) is 0 Å². The van der Waals surface area contributed by atoms with Gasteiger partial charge in [-0.1, -0.05) is 13.0 Å². The third-order valence-corrected chi connectivity index (χ3v) is 2.68. The molecule has 1 aromatic carbocycles. The monoisotopic (exact) mass is 207 g/mol. The van der Waals surface area contributed by atoms with Crippen molar-refractivity contribution in [2.24, 2.45) is 5.73 Å². The zero-order valence-corrected chi connectivity index (χ0v) is 9.92. The van der Waals surface area contributed by atoms with Gasteiger partial charge in [0, 0.05) is 0 Å². The Bertz CT molecular complexity index is 309. The largest absolute Gasteiger partial charge is 0.494 e. The summed E-state index contributed by atoms with van der Waals surface area (Å²) in [5, 5.41) is 0. The maximum absolute atomic E-state index is 5.57. The van der Waals surface area contributed by atoms with Gasteiger partial charge >= 0.3 is 0 Å². The molecule has 0 saturated heterocycles. The third-order valence-electron chi connectivity index (χ3n) is 2.68. The van der Waals surface area contributed by atoms with Gasteiger partial charge in [0.2, 0.25) is 0 Å². The Morgan fingerprint density at radius 3 is 2.67 bits per heavy atom. The molecule has 1 unspecified atom stereocenters. The summed E-state index contributed by atoms with van der Waals surface area (Å²) in [4.78, 5) is 0. The Balaban J connectivity index is 2.82. The normalized spacial score (nSPS) is 12.5. The van der Waals surface area contributed by atoms with Gasteiger partial charge in [0.05, 0.1) is 6.61 Å². The fourth-order valence-corrected chi connectivity index (χ4v) is 1.86. The van der Waals surface area contributed by atoms with Gasteiger partial charge in [-0.05, 0) is 56.0 Å². The van der Waals surface area contributed by atoms with Crippen LogP contribution in [0.5, 0.6) is 5.75 Å². The van der Waals surface area contributed by atoms with E-state index in [1.54, 1.807) is 0 Å². The fraction of sp³-hybridized carbons (Fsp3) is 0.538. The van der Waals surface area contributed by atoms with Gasteiger partial charge in [-0.3, -0.25) is 0 Å². The van der Waals surface area contributed by atoms with E-state index < -0.39 is 0 Å². The summed E-state index contributed by atoms with van der Waals surface area (Å²) < 4.78 is 5.46. The van der Waals surface area contributed by atoms with Crippen LogP contribution in [0.3, 0.4) is 0 Å². The zero-order valence-electron chi connectivity index (χ0n) is 9.92. The van der Waals surface area contributed by atoms with Crippen LogP contribution < -0.4 is 10.5 Å². The molecule has 0 aliphatic rings. The lowest BCUT2D eigenvalue weighted by molar-refractivity contribution is 0.340. The predicted octanol–water partition coefficient (Wildman–Crippen LogP) is 2.85. The van der Waals surface area contributed by atoms with E-state index in [0.29, 0.717) is 5.92 Å². The van der Waals surface area contributed by atoms with Gasteiger partial charge in [0.25, 0.3) is 0 Å². The molecule has 0 aromatic heterocycles. The maximum Gasteiger partial charge on any atom is 0.119 e. The third kappa shape index (κ3) is 3.24. The van der Waals surface area contributed by atoms with E-state index in [2.05, 4.69) is 26.0 Å². The van der Waals surface area contributed by atoms with E-state index in [0.717, 1.165) is 25.3 Å². The van der Waals surface area contributed by atoms with Crippen molar-refractivity contribution in [3.8, 4) is 5.75 Å². The Labute approximate surface area is 92.4 Å². The molecule has 84 valence electrons. The summed E-state index contributed by atoms with van der Waals surface area (Å²) in [6, 6.07) is 6.30. The standard InChI is InChI=1S/C13H21NO/c1-4-15-12-5-6-13(11(3)9-12)10(2)7-8-14/h5-6,9-10H,4,7-8,14H2,1-3H3. The molecule has 1 atom stereocenters. The Kier molecular flexibility index (Phi) is 4.63. The molecular weight excluding hydrogens is 186 g/mol. The molecule has 0 fully saturated rings. The van der Waals surface area contributed by atoms with Crippen LogP contribution in [0.2, 0.25) is 0 Å². The Morgan fingerprint density at radius 1 is 1.40 bits per heavy atom. The van der Waals surface area contributed by atoms with Crippen molar-refractivity contribution in [2.45, 2.75) is 33.1 Å². The number of nitrogens with two attached hydrogens (primary N) is 1. The number of ether oxygens (including phenoxy) is 1. The lowest BCUT2D eigenvalue weighted by Crippen LogP contribution is -2.06. The number of aryl methyl sites for hydroxylation is 1. The molecule has 0 amide bonds. The summed E-state index contributed by atoms with van der Waals surface area (Å²) >= 11 is 0. The summed E-state index contributed by atoms with van der Waals surface area (Å²) in [6.45, 7) is 7.81. The average molecular weight is 207 g/mol. The highest BCUT2D eigenvalue weighted by Crippen LogP contribution is 2.25. The van der Waals surface area contributed by atoms with Crippen LogP contribution in [0, 0.1) is 6.92 Å². The minimum atomic E-state index is 0.533. The van der Waals surface area contributed by atoms with Crippen LogP contribution in [0.25, 0.3) is 0 Å². The first kappa shape index (κ1) is 12.1. The van der Waals surface area contributed by atoms with Gasteiger partial charge in [-0.15, -0.1) is 0 Å². The summed E-state index contributed by atoms with van der Waals surface area (Å²) in [7, 11) is 0. The van der Waals surface area contributed by atoms with Crippen molar-refractivity contribution in [3.63, 3.8) is 0 Å². The lowest BCUT2D eigenvalue weighted by atomic mass is 9.94. The molecule has 1 rings (SSSR count). The molecule has 0 radical (unpaired) electrons. The van der Waals surface area contributed by atoms with E-state index in [1.165, 1.54) is 11.1 Å². The highest BCUT2D eigenvalue weighted by atomic mass is 16.5. The summed E-state index contributed by atoms with van der Waals surface area (Å²) in [5.41, 5.74) is 8.24. The highest BCUT2D eigenvalue weighted by molar-refractivity contribution is 5.36. The molecule has 0 heterocycles. The van der Waals surface area contributed by atoms with Crippen LogP contribution in [-0.4, -0.2) is 13.2 Å². The van der Waals surface area contributed by atoms with E-state index in [-0.39, 0.29) is 0 Å². The smallest absolute Gasteiger partial charge is 0.119 e. The van der Waals surface area contributed by atoms with E-state index in [4.69, 9.17) is 10.5 Å². The minimum absolute atomic E-state index is 0.533. The second-order valence-electron chi connectivity index (χ2n) is 3.93. The first-order chi connectivity index (χ1) is 7.19.